The zero-order valence-corrected chi connectivity index (χ0v) is 18.7. The van der Waals surface area contributed by atoms with Crippen molar-refractivity contribution in [3.8, 4) is 6.07 Å². The van der Waals surface area contributed by atoms with Crippen molar-refractivity contribution >= 4 is 49.4 Å². The summed E-state index contributed by atoms with van der Waals surface area (Å²) >= 11 is 9.31. The number of amides is 1. The SMILES string of the molecule is N#CCCS(=O)(=O)C/C(=C\c1ccc(Br)cc1)C(=O)NCCc1cccc(Cl)c1. The fraction of sp³-hybridized carbons (Fsp3) is 0.238. The van der Waals surface area contributed by atoms with E-state index in [0.29, 0.717) is 23.6 Å². The molecule has 0 saturated carbocycles. The van der Waals surface area contributed by atoms with E-state index < -0.39 is 21.5 Å². The Kier molecular flexibility index (Phi) is 8.90. The monoisotopic (exact) mass is 494 g/mol. The van der Waals surface area contributed by atoms with E-state index in [1.165, 1.54) is 0 Å². The molecule has 0 spiro atoms. The molecule has 0 bridgehead atoms. The van der Waals surface area contributed by atoms with E-state index in [4.69, 9.17) is 16.9 Å². The van der Waals surface area contributed by atoms with Gasteiger partial charge in [0.15, 0.2) is 9.84 Å². The molecule has 1 N–H and O–H groups in total. The van der Waals surface area contributed by atoms with Gasteiger partial charge in [0.1, 0.15) is 0 Å². The van der Waals surface area contributed by atoms with Crippen LogP contribution in [0.4, 0.5) is 0 Å². The number of nitrogens with zero attached hydrogens (tertiary/aromatic N) is 1. The molecule has 0 atom stereocenters. The van der Waals surface area contributed by atoms with Crippen LogP contribution in [0.3, 0.4) is 0 Å². The second-order valence-corrected chi connectivity index (χ2v) is 9.89. The molecule has 0 fully saturated rings. The first-order chi connectivity index (χ1) is 13.8. The largest absolute Gasteiger partial charge is 0.352 e. The van der Waals surface area contributed by atoms with Crippen LogP contribution < -0.4 is 5.32 Å². The zero-order chi connectivity index (χ0) is 21.3. The summed E-state index contributed by atoms with van der Waals surface area (Å²) in [7, 11) is -3.58. The molecule has 0 aromatic heterocycles. The van der Waals surface area contributed by atoms with Gasteiger partial charge in [-0.25, -0.2) is 8.42 Å². The van der Waals surface area contributed by atoms with Crippen molar-refractivity contribution in [1.29, 1.82) is 5.26 Å². The van der Waals surface area contributed by atoms with Crippen molar-refractivity contribution in [3.63, 3.8) is 0 Å². The molecule has 0 saturated heterocycles. The predicted molar refractivity (Wildman–Crippen MR) is 119 cm³/mol. The molecule has 152 valence electrons. The normalized spacial score (nSPS) is 11.7. The number of carbonyl (C=O) groups excluding carboxylic acids is 1. The minimum Gasteiger partial charge on any atom is -0.352 e. The summed E-state index contributed by atoms with van der Waals surface area (Å²) in [6, 6.07) is 16.3. The molecule has 2 aromatic rings. The Hall–Kier alpha value is -2.14. The molecule has 0 aliphatic heterocycles. The van der Waals surface area contributed by atoms with Crippen LogP contribution in [0, 0.1) is 11.3 Å². The van der Waals surface area contributed by atoms with Crippen LogP contribution in [-0.2, 0) is 21.1 Å². The van der Waals surface area contributed by atoms with Crippen LogP contribution in [-0.4, -0.2) is 32.4 Å². The third kappa shape index (κ3) is 8.40. The van der Waals surface area contributed by atoms with Crippen molar-refractivity contribution in [3.05, 3.63) is 74.7 Å². The van der Waals surface area contributed by atoms with Crippen LogP contribution in [0.15, 0.2) is 58.6 Å². The summed E-state index contributed by atoms with van der Waals surface area (Å²) < 4.78 is 25.5. The van der Waals surface area contributed by atoms with E-state index in [-0.39, 0.29) is 17.7 Å². The summed E-state index contributed by atoms with van der Waals surface area (Å²) in [5.41, 5.74) is 1.82. The topological polar surface area (TPSA) is 87.0 Å². The maximum absolute atomic E-state index is 12.7. The molecule has 29 heavy (non-hydrogen) atoms. The number of hydrogen-bond acceptors (Lipinski definition) is 4. The fourth-order valence-corrected chi connectivity index (χ4v) is 4.28. The highest BCUT2D eigenvalue weighted by molar-refractivity contribution is 9.10. The quantitative estimate of drug-likeness (QED) is 0.529. The lowest BCUT2D eigenvalue weighted by Gasteiger charge is -2.10. The number of hydrogen-bond donors (Lipinski definition) is 1. The lowest BCUT2D eigenvalue weighted by Crippen LogP contribution is -2.30. The maximum Gasteiger partial charge on any atom is 0.248 e. The summed E-state index contributed by atoms with van der Waals surface area (Å²) in [6.07, 6.45) is 2.02. The van der Waals surface area contributed by atoms with Gasteiger partial charge >= 0.3 is 0 Å². The Labute approximate surface area is 184 Å². The highest BCUT2D eigenvalue weighted by Gasteiger charge is 2.19. The maximum atomic E-state index is 12.7. The molecule has 0 aliphatic rings. The van der Waals surface area contributed by atoms with Crippen molar-refractivity contribution in [2.45, 2.75) is 12.8 Å². The van der Waals surface area contributed by atoms with E-state index in [1.807, 2.05) is 36.4 Å². The van der Waals surface area contributed by atoms with E-state index in [0.717, 1.165) is 10.0 Å². The molecule has 8 heteroatoms. The van der Waals surface area contributed by atoms with Gasteiger partial charge in [0, 0.05) is 28.0 Å². The number of nitrogens with one attached hydrogen (secondary N) is 1. The lowest BCUT2D eigenvalue weighted by molar-refractivity contribution is -0.117. The first-order valence-corrected chi connectivity index (χ1v) is 11.8. The molecule has 0 unspecified atom stereocenters. The minimum atomic E-state index is -3.58. The number of benzene rings is 2. The molecule has 0 radical (unpaired) electrons. The van der Waals surface area contributed by atoms with Crippen molar-refractivity contribution in [2.75, 3.05) is 18.1 Å². The predicted octanol–water partition coefficient (Wildman–Crippen LogP) is 4.17. The summed E-state index contributed by atoms with van der Waals surface area (Å²) in [6.45, 7) is 0.342. The van der Waals surface area contributed by atoms with Gasteiger partial charge in [0.05, 0.1) is 17.6 Å². The third-order valence-corrected chi connectivity index (χ3v) is 6.33. The third-order valence-electron chi connectivity index (χ3n) is 3.99. The van der Waals surface area contributed by atoms with Gasteiger partial charge in [0.25, 0.3) is 0 Å². The molecule has 0 aliphatic carbocycles. The second kappa shape index (κ2) is 11.1. The number of halogens is 2. The highest BCUT2D eigenvalue weighted by Crippen LogP contribution is 2.15. The highest BCUT2D eigenvalue weighted by atomic mass is 79.9. The van der Waals surface area contributed by atoms with E-state index in [9.17, 15) is 13.2 Å². The molecule has 2 rings (SSSR count). The Morgan fingerprint density at radius 3 is 2.59 bits per heavy atom. The van der Waals surface area contributed by atoms with Crippen LogP contribution >= 0.6 is 27.5 Å². The van der Waals surface area contributed by atoms with Gasteiger partial charge in [-0.1, -0.05) is 51.8 Å². The fourth-order valence-electron chi connectivity index (χ4n) is 2.57. The first kappa shape index (κ1) is 23.1. The number of sulfone groups is 1. The molecule has 1 amide bonds. The zero-order valence-electron chi connectivity index (χ0n) is 15.6. The van der Waals surface area contributed by atoms with Gasteiger partial charge in [-0.2, -0.15) is 5.26 Å². The van der Waals surface area contributed by atoms with Crippen molar-refractivity contribution < 1.29 is 13.2 Å². The Morgan fingerprint density at radius 1 is 1.21 bits per heavy atom. The minimum absolute atomic E-state index is 0.107. The Morgan fingerprint density at radius 2 is 1.93 bits per heavy atom. The van der Waals surface area contributed by atoms with Gasteiger partial charge in [0.2, 0.25) is 5.91 Å². The molecule has 5 nitrogen and oxygen atoms in total. The lowest BCUT2D eigenvalue weighted by atomic mass is 10.1. The van der Waals surface area contributed by atoms with Gasteiger partial charge in [-0.3, -0.25) is 4.79 Å². The van der Waals surface area contributed by atoms with Crippen molar-refractivity contribution in [1.82, 2.24) is 5.32 Å². The molecular weight excluding hydrogens is 476 g/mol. The average Bonchev–Trinajstić information content (AvgIpc) is 2.67. The van der Waals surface area contributed by atoms with E-state index in [1.54, 1.807) is 24.3 Å². The smallest absolute Gasteiger partial charge is 0.248 e. The molecule has 2 aromatic carbocycles. The van der Waals surface area contributed by atoms with Crippen LogP contribution in [0.25, 0.3) is 6.08 Å². The van der Waals surface area contributed by atoms with E-state index in [2.05, 4.69) is 21.2 Å². The van der Waals surface area contributed by atoms with E-state index >= 15 is 0 Å². The first-order valence-electron chi connectivity index (χ1n) is 8.85. The second-order valence-electron chi connectivity index (χ2n) is 6.36. The van der Waals surface area contributed by atoms with Crippen LogP contribution in [0.1, 0.15) is 17.5 Å². The summed E-state index contributed by atoms with van der Waals surface area (Å²) in [5.74, 6) is -1.15. The van der Waals surface area contributed by atoms with Crippen LogP contribution in [0.5, 0.6) is 0 Å². The molecule has 0 heterocycles. The number of carbonyl (C=O) groups is 1. The average molecular weight is 496 g/mol. The molecular formula is C21H20BrClN2O3S. The Balaban J connectivity index is 2.13. The standard InChI is InChI=1S/C21H20BrClN2O3S/c22-19-7-5-17(6-8-19)13-18(15-29(27,28)12-2-10-24)21(26)25-11-9-16-3-1-4-20(23)14-16/h1,3-8,13-14H,2,9,11-12,15H2,(H,25,26)/b18-13+. The van der Waals surface area contributed by atoms with Crippen molar-refractivity contribution in [2.24, 2.45) is 0 Å². The van der Waals surface area contributed by atoms with Gasteiger partial charge in [-0.05, 0) is 47.9 Å². The summed E-state index contributed by atoms with van der Waals surface area (Å²) in [5, 5.41) is 12.0. The summed E-state index contributed by atoms with van der Waals surface area (Å²) in [4.78, 5) is 12.7. The number of nitriles is 1. The van der Waals surface area contributed by atoms with Gasteiger partial charge < -0.3 is 5.32 Å². The van der Waals surface area contributed by atoms with Crippen LogP contribution in [0.2, 0.25) is 5.02 Å². The number of rotatable bonds is 9. The van der Waals surface area contributed by atoms with Gasteiger partial charge in [-0.15, -0.1) is 0 Å². The Bertz CT molecular complexity index is 1030.